The molecular formula is C18H21NO2. The van der Waals surface area contributed by atoms with Gasteiger partial charge in [-0.3, -0.25) is 0 Å². The largest absolute Gasteiger partial charge is 0.386 e. The number of rotatable bonds is 4. The maximum absolute atomic E-state index is 10.8. The number of hydrogen-bond donors (Lipinski definition) is 2. The van der Waals surface area contributed by atoms with Crippen LogP contribution < -0.4 is 5.32 Å². The zero-order chi connectivity index (χ0) is 14.7. The summed E-state index contributed by atoms with van der Waals surface area (Å²) in [6, 6.07) is 16.3. The van der Waals surface area contributed by atoms with Gasteiger partial charge in [-0.2, -0.15) is 0 Å². The molecule has 2 aromatic carbocycles. The molecule has 0 spiro atoms. The highest BCUT2D eigenvalue weighted by atomic mass is 16.5. The molecule has 0 aromatic heterocycles. The van der Waals surface area contributed by atoms with Crippen molar-refractivity contribution < 1.29 is 9.84 Å². The van der Waals surface area contributed by atoms with Crippen LogP contribution in [0.5, 0.6) is 0 Å². The van der Waals surface area contributed by atoms with E-state index in [0.717, 1.165) is 24.1 Å². The predicted octanol–water partition coefficient (Wildman–Crippen LogP) is 2.75. The Hall–Kier alpha value is -1.68. The van der Waals surface area contributed by atoms with Crippen molar-refractivity contribution in [2.75, 3.05) is 13.7 Å². The summed E-state index contributed by atoms with van der Waals surface area (Å²) >= 11 is 0. The molecule has 3 rings (SSSR count). The molecule has 0 radical (unpaired) electrons. The second-order valence-corrected chi connectivity index (χ2v) is 5.50. The highest BCUT2D eigenvalue weighted by Gasteiger charge is 2.27. The average Bonchev–Trinajstić information content (AvgIpc) is 2.54. The van der Waals surface area contributed by atoms with Gasteiger partial charge in [-0.1, -0.05) is 48.5 Å². The van der Waals surface area contributed by atoms with Gasteiger partial charge in [0.1, 0.15) is 0 Å². The number of nitrogens with one attached hydrogen (secondary N) is 1. The first-order chi connectivity index (χ1) is 10.3. The molecule has 1 aliphatic rings. The van der Waals surface area contributed by atoms with Crippen LogP contribution in [0.1, 0.15) is 34.4 Å². The van der Waals surface area contributed by atoms with Gasteiger partial charge in [0, 0.05) is 7.11 Å². The predicted molar refractivity (Wildman–Crippen MR) is 83.0 cm³/mol. The molecule has 1 heterocycles. The smallest absolute Gasteiger partial charge is 0.0984 e. The van der Waals surface area contributed by atoms with Crippen molar-refractivity contribution in [2.45, 2.75) is 25.2 Å². The minimum absolute atomic E-state index is 0.0484. The SMILES string of the molecule is COCc1cccc(C(O)C2NCCc3ccccc32)c1. The summed E-state index contributed by atoms with van der Waals surface area (Å²) in [5, 5.41) is 14.2. The first kappa shape index (κ1) is 14.3. The lowest BCUT2D eigenvalue weighted by Crippen LogP contribution is -2.33. The summed E-state index contributed by atoms with van der Waals surface area (Å²) in [6.07, 6.45) is 0.464. The van der Waals surface area contributed by atoms with Crippen molar-refractivity contribution in [1.82, 2.24) is 5.32 Å². The molecular weight excluding hydrogens is 262 g/mol. The molecule has 2 unspecified atom stereocenters. The monoisotopic (exact) mass is 283 g/mol. The Kier molecular flexibility index (Phi) is 4.34. The molecule has 3 heteroatoms. The second-order valence-electron chi connectivity index (χ2n) is 5.50. The lowest BCUT2D eigenvalue weighted by molar-refractivity contribution is 0.125. The number of benzene rings is 2. The van der Waals surface area contributed by atoms with Crippen LogP contribution in [0, 0.1) is 0 Å². The zero-order valence-corrected chi connectivity index (χ0v) is 12.3. The van der Waals surface area contributed by atoms with Crippen molar-refractivity contribution >= 4 is 0 Å². The number of methoxy groups -OCH3 is 1. The minimum atomic E-state index is -0.553. The number of hydrogen-bond acceptors (Lipinski definition) is 3. The van der Waals surface area contributed by atoms with E-state index >= 15 is 0 Å². The Labute approximate surface area is 125 Å². The number of aliphatic hydroxyl groups is 1. The molecule has 2 N–H and O–H groups in total. The summed E-state index contributed by atoms with van der Waals surface area (Å²) in [5.41, 5.74) is 4.54. The maximum atomic E-state index is 10.8. The quantitative estimate of drug-likeness (QED) is 0.906. The van der Waals surface area contributed by atoms with Crippen LogP contribution in [0.15, 0.2) is 48.5 Å². The molecule has 1 aliphatic heterocycles. The first-order valence-corrected chi connectivity index (χ1v) is 7.36. The molecule has 0 saturated heterocycles. The molecule has 21 heavy (non-hydrogen) atoms. The van der Waals surface area contributed by atoms with Crippen LogP contribution in [-0.4, -0.2) is 18.8 Å². The van der Waals surface area contributed by atoms with E-state index in [1.165, 1.54) is 11.1 Å². The summed E-state index contributed by atoms with van der Waals surface area (Å²) < 4.78 is 5.17. The van der Waals surface area contributed by atoms with E-state index in [4.69, 9.17) is 4.74 Å². The van der Waals surface area contributed by atoms with Crippen LogP contribution in [0.25, 0.3) is 0 Å². The lowest BCUT2D eigenvalue weighted by Gasteiger charge is -2.31. The van der Waals surface area contributed by atoms with Crippen molar-refractivity contribution in [3.8, 4) is 0 Å². The third kappa shape index (κ3) is 3.00. The fourth-order valence-electron chi connectivity index (χ4n) is 3.05. The van der Waals surface area contributed by atoms with E-state index in [1.54, 1.807) is 7.11 Å². The number of fused-ring (bicyclic) bond motifs is 1. The first-order valence-electron chi connectivity index (χ1n) is 7.36. The Morgan fingerprint density at radius 1 is 1.24 bits per heavy atom. The fraction of sp³-hybridized carbons (Fsp3) is 0.333. The van der Waals surface area contributed by atoms with Crippen molar-refractivity contribution in [3.05, 3.63) is 70.8 Å². The van der Waals surface area contributed by atoms with Gasteiger partial charge in [0.2, 0.25) is 0 Å². The topological polar surface area (TPSA) is 41.5 Å². The van der Waals surface area contributed by atoms with Crippen LogP contribution in [0.2, 0.25) is 0 Å². The molecule has 3 nitrogen and oxygen atoms in total. The van der Waals surface area contributed by atoms with E-state index < -0.39 is 6.10 Å². The van der Waals surface area contributed by atoms with E-state index in [0.29, 0.717) is 6.61 Å². The summed E-state index contributed by atoms with van der Waals surface area (Å²) in [6.45, 7) is 1.46. The molecule has 110 valence electrons. The van der Waals surface area contributed by atoms with E-state index in [2.05, 4.69) is 23.5 Å². The Morgan fingerprint density at radius 3 is 2.95 bits per heavy atom. The van der Waals surface area contributed by atoms with Crippen LogP contribution in [0.3, 0.4) is 0 Å². The highest BCUT2D eigenvalue weighted by Crippen LogP contribution is 2.33. The van der Waals surface area contributed by atoms with E-state index in [1.807, 2.05) is 30.3 Å². The van der Waals surface area contributed by atoms with Crippen molar-refractivity contribution in [1.29, 1.82) is 0 Å². The lowest BCUT2D eigenvalue weighted by atomic mass is 9.88. The van der Waals surface area contributed by atoms with Crippen molar-refractivity contribution in [3.63, 3.8) is 0 Å². The van der Waals surface area contributed by atoms with Gasteiger partial charge in [-0.05, 0) is 35.2 Å². The van der Waals surface area contributed by atoms with Crippen LogP contribution >= 0.6 is 0 Å². The summed E-state index contributed by atoms with van der Waals surface area (Å²) in [7, 11) is 1.68. The molecule has 2 aromatic rings. The van der Waals surface area contributed by atoms with Gasteiger partial charge >= 0.3 is 0 Å². The standard InChI is InChI=1S/C18H21NO2/c1-21-12-13-5-4-7-15(11-13)18(20)17-16-8-3-2-6-14(16)9-10-19-17/h2-8,11,17-20H,9-10,12H2,1H3. The molecule has 0 bridgehead atoms. The molecule has 0 saturated carbocycles. The minimum Gasteiger partial charge on any atom is -0.386 e. The van der Waals surface area contributed by atoms with Gasteiger partial charge in [0.25, 0.3) is 0 Å². The maximum Gasteiger partial charge on any atom is 0.0984 e. The van der Waals surface area contributed by atoms with Gasteiger partial charge in [-0.25, -0.2) is 0 Å². The molecule has 2 atom stereocenters. The third-order valence-corrected chi connectivity index (χ3v) is 4.07. The van der Waals surface area contributed by atoms with Gasteiger partial charge in [0.15, 0.2) is 0 Å². The Balaban J connectivity index is 1.89. The zero-order valence-electron chi connectivity index (χ0n) is 12.3. The Morgan fingerprint density at radius 2 is 2.10 bits per heavy atom. The molecule has 0 aliphatic carbocycles. The highest BCUT2D eigenvalue weighted by molar-refractivity contribution is 5.36. The van der Waals surface area contributed by atoms with Crippen LogP contribution in [0.4, 0.5) is 0 Å². The fourth-order valence-corrected chi connectivity index (χ4v) is 3.05. The molecule has 0 amide bonds. The average molecular weight is 283 g/mol. The molecule has 0 fully saturated rings. The van der Waals surface area contributed by atoms with Gasteiger partial charge in [-0.15, -0.1) is 0 Å². The Bertz CT molecular complexity index is 612. The van der Waals surface area contributed by atoms with Crippen molar-refractivity contribution in [2.24, 2.45) is 0 Å². The second kappa shape index (κ2) is 6.39. The number of ether oxygens (including phenoxy) is 1. The third-order valence-electron chi connectivity index (χ3n) is 4.07. The van der Waals surface area contributed by atoms with E-state index in [-0.39, 0.29) is 6.04 Å². The summed E-state index contributed by atoms with van der Waals surface area (Å²) in [4.78, 5) is 0. The normalized spacial score (nSPS) is 19.0. The van der Waals surface area contributed by atoms with Crippen LogP contribution in [-0.2, 0) is 17.8 Å². The summed E-state index contributed by atoms with van der Waals surface area (Å²) in [5.74, 6) is 0. The van der Waals surface area contributed by atoms with E-state index in [9.17, 15) is 5.11 Å². The van der Waals surface area contributed by atoms with Gasteiger partial charge in [0.05, 0.1) is 18.8 Å². The number of aliphatic hydroxyl groups excluding tert-OH is 1. The van der Waals surface area contributed by atoms with Gasteiger partial charge < -0.3 is 15.2 Å².